The highest BCUT2D eigenvalue weighted by Crippen LogP contribution is 2.20. The van der Waals surface area contributed by atoms with Crippen LogP contribution in [0.1, 0.15) is 27.5 Å². The van der Waals surface area contributed by atoms with E-state index in [-0.39, 0.29) is 5.91 Å². The van der Waals surface area contributed by atoms with Gasteiger partial charge in [-0.15, -0.1) is 0 Å². The Balaban J connectivity index is 2.25. The lowest BCUT2D eigenvalue weighted by molar-refractivity contribution is 0.0763. The van der Waals surface area contributed by atoms with Gasteiger partial charge >= 0.3 is 0 Å². The lowest BCUT2D eigenvalue weighted by Gasteiger charge is -2.23. The molecule has 1 amide bonds. The van der Waals surface area contributed by atoms with Crippen molar-refractivity contribution in [3.05, 3.63) is 71.3 Å². The van der Waals surface area contributed by atoms with Gasteiger partial charge in [0, 0.05) is 12.6 Å². The van der Waals surface area contributed by atoms with Crippen molar-refractivity contribution in [1.29, 1.82) is 5.26 Å². The molecule has 0 aromatic heterocycles. The molecule has 0 aliphatic rings. The fourth-order valence-corrected chi connectivity index (χ4v) is 2.04. The minimum Gasteiger partial charge on any atom is -0.322 e. The Labute approximate surface area is 119 Å². The fourth-order valence-electron chi connectivity index (χ4n) is 2.04. The summed E-state index contributed by atoms with van der Waals surface area (Å²) in [4.78, 5) is 13.9. The van der Waals surface area contributed by atoms with Crippen LogP contribution in [-0.2, 0) is 0 Å². The maximum Gasteiger partial charge on any atom is 0.254 e. The second-order valence-electron chi connectivity index (χ2n) is 4.72. The van der Waals surface area contributed by atoms with Crippen molar-refractivity contribution in [2.75, 3.05) is 7.05 Å². The van der Waals surface area contributed by atoms with E-state index in [1.165, 1.54) is 4.90 Å². The zero-order valence-electron chi connectivity index (χ0n) is 11.6. The predicted molar refractivity (Wildman–Crippen MR) is 78.1 cm³/mol. The van der Waals surface area contributed by atoms with Crippen molar-refractivity contribution in [2.45, 2.75) is 13.0 Å². The number of benzene rings is 2. The molecule has 3 heteroatoms. The topological polar surface area (TPSA) is 44.1 Å². The van der Waals surface area contributed by atoms with E-state index in [9.17, 15) is 10.1 Å². The van der Waals surface area contributed by atoms with Gasteiger partial charge in [-0.2, -0.15) is 5.26 Å². The Kier molecular flexibility index (Phi) is 4.17. The van der Waals surface area contributed by atoms with E-state index in [0.717, 1.165) is 11.1 Å². The van der Waals surface area contributed by atoms with Gasteiger partial charge in [0.1, 0.15) is 6.04 Å². The van der Waals surface area contributed by atoms with Gasteiger partial charge in [0.25, 0.3) is 5.91 Å². The third-order valence-corrected chi connectivity index (χ3v) is 3.24. The Morgan fingerprint density at radius 1 is 1.10 bits per heavy atom. The SMILES string of the molecule is Cc1ccc(C(=O)N(C)C(C#N)c2ccccc2)cc1. The highest BCUT2D eigenvalue weighted by Gasteiger charge is 2.22. The maximum absolute atomic E-state index is 12.4. The van der Waals surface area contributed by atoms with E-state index in [1.807, 2.05) is 49.4 Å². The number of carbonyl (C=O) groups is 1. The molecule has 0 N–H and O–H groups in total. The average Bonchev–Trinajstić information content (AvgIpc) is 2.49. The average molecular weight is 264 g/mol. The minimum atomic E-state index is -0.579. The van der Waals surface area contributed by atoms with E-state index >= 15 is 0 Å². The summed E-state index contributed by atoms with van der Waals surface area (Å²) in [6, 6.07) is 18.3. The Morgan fingerprint density at radius 2 is 1.70 bits per heavy atom. The summed E-state index contributed by atoms with van der Waals surface area (Å²) in [6.45, 7) is 1.97. The molecule has 0 heterocycles. The molecule has 1 atom stereocenters. The van der Waals surface area contributed by atoms with Crippen LogP contribution in [0.2, 0.25) is 0 Å². The van der Waals surface area contributed by atoms with Crippen molar-refractivity contribution < 1.29 is 4.79 Å². The monoisotopic (exact) mass is 264 g/mol. The van der Waals surface area contributed by atoms with Crippen molar-refractivity contribution in [3.63, 3.8) is 0 Å². The first kappa shape index (κ1) is 13.8. The van der Waals surface area contributed by atoms with Crippen molar-refractivity contribution in [2.24, 2.45) is 0 Å². The number of amides is 1. The van der Waals surface area contributed by atoms with Gasteiger partial charge in [0.2, 0.25) is 0 Å². The van der Waals surface area contributed by atoms with Crippen LogP contribution in [0.3, 0.4) is 0 Å². The molecule has 0 saturated heterocycles. The van der Waals surface area contributed by atoms with Crippen molar-refractivity contribution >= 4 is 5.91 Å². The van der Waals surface area contributed by atoms with Crippen molar-refractivity contribution in [3.8, 4) is 6.07 Å². The van der Waals surface area contributed by atoms with Crippen LogP contribution in [0.15, 0.2) is 54.6 Å². The van der Waals surface area contributed by atoms with Gasteiger partial charge in [-0.25, -0.2) is 0 Å². The fraction of sp³-hybridized carbons (Fsp3) is 0.176. The number of nitriles is 1. The van der Waals surface area contributed by atoms with Gasteiger partial charge in [-0.3, -0.25) is 4.79 Å². The van der Waals surface area contributed by atoms with Crippen LogP contribution in [0.5, 0.6) is 0 Å². The van der Waals surface area contributed by atoms with E-state index in [0.29, 0.717) is 5.56 Å². The molecule has 3 nitrogen and oxygen atoms in total. The first-order valence-corrected chi connectivity index (χ1v) is 6.42. The second kappa shape index (κ2) is 6.03. The van der Waals surface area contributed by atoms with Crippen LogP contribution in [-0.4, -0.2) is 17.9 Å². The number of aryl methyl sites for hydroxylation is 1. The van der Waals surface area contributed by atoms with Crippen LogP contribution < -0.4 is 0 Å². The summed E-state index contributed by atoms with van der Waals surface area (Å²) in [5, 5.41) is 9.35. The highest BCUT2D eigenvalue weighted by atomic mass is 16.2. The van der Waals surface area contributed by atoms with Crippen LogP contribution in [0, 0.1) is 18.3 Å². The Morgan fingerprint density at radius 3 is 2.25 bits per heavy atom. The predicted octanol–water partition coefficient (Wildman–Crippen LogP) is 3.33. The van der Waals surface area contributed by atoms with Gasteiger partial charge in [0.15, 0.2) is 0 Å². The summed E-state index contributed by atoms with van der Waals surface area (Å²) in [6.07, 6.45) is 0. The number of hydrogen-bond acceptors (Lipinski definition) is 2. The molecule has 1 unspecified atom stereocenters. The Bertz CT molecular complexity index is 626. The molecule has 0 bridgehead atoms. The van der Waals surface area contributed by atoms with Crippen molar-refractivity contribution in [1.82, 2.24) is 4.90 Å². The largest absolute Gasteiger partial charge is 0.322 e. The standard InChI is InChI=1S/C17H16N2O/c1-13-8-10-15(11-9-13)17(20)19(2)16(12-18)14-6-4-3-5-7-14/h3-11,16H,1-2H3. The first-order chi connectivity index (χ1) is 9.63. The molecular weight excluding hydrogens is 248 g/mol. The highest BCUT2D eigenvalue weighted by molar-refractivity contribution is 5.94. The van der Waals surface area contributed by atoms with Gasteiger partial charge in [-0.1, -0.05) is 48.0 Å². The molecular formula is C17H16N2O. The second-order valence-corrected chi connectivity index (χ2v) is 4.72. The van der Waals surface area contributed by atoms with Gasteiger partial charge in [0.05, 0.1) is 6.07 Å². The number of rotatable bonds is 3. The molecule has 0 radical (unpaired) electrons. The van der Waals surface area contributed by atoms with E-state index in [2.05, 4.69) is 6.07 Å². The molecule has 0 spiro atoms. The number of nitrogens with zero attached hydrogens (tertiary/aromatic N) is 2. The zero-order valence-corrected chi connectivity index (χ0v) is 11.6. The molecule has 2 aromatic rings. The third kappa shape index (κ3) is 2.86. The molecule has 2 rings (SSSR count). The minimum absolute atomic E-state index is 0.152. The summed E-state index contributed by atoms with van der Waals surface area (Å²) >= 11 is 0. The van der Waals surface area contributed by atoms with E-state index < -0.39 is 6.04 Å². The van der Waals surface area contributed by atoms with Gasteiger partial charge in [-0.05, 0) is 24.6 Å². The maximum atomic E-state index is 12.4. The van der Waals surface area contributed by atoms with E-state index in [4.69, 9.17) is 0 Å². The summed E-state index contributed by atoms with van der Waals surface area (Å²) in [5.74, 6) is -0.152. The smallest absolute Gasteiger partial charge is 0.254 e. The molecule has 20 heavy (non-hydrogen) atoms. The first-order valence-electron chi connectivity index (χ1n) is 6.42. The third-order valence-electron chi connectivity index (χ3n) is 3.24. The lowest BCUT2D eigenvalue weighted by atomic mass is 10.1. The zero-order chi connectivity index (χ0) is 14.5. The van der Waals surface area contributed by atoms with Crippen LogP contribution in [0.4, 0.5) is 0 Å². The Hall–Kier alpha value is -2.60. The summed E-state index contributed by atoms with van der Waals surface area (Å²) in [5.41, 5.74) is 2.51. The van der Waals surface area contributed by atoms with Crippen LogP contribution in [0.25, 0.3) is 0 Å². The normalized spacial score (nSPS) is 11.4. The molecule has 0 fully saturated rings. The van der Waals surface area contributed by atoms with E-state index in [1.54, 1.807) is 19.2 Å². The molecule has 100 valence electrons. The van der Waals surface area contributed by atoms with Crippen LogP contribution >= 0.6 is 0 Å². The summed E-state index contributed by atoms with van der Waals surface area (Å²) in [7, 11) is 1.66. The lowest BCUT2D eigenvalue weighted by Crippen LogP contribution is -2.30. The molecule has 0 aliphatic heterocycles. The number of hydrogen-bond donors (Lipinski definition) is 0. The molecule has 2 aromatic carbocycles. The molecule has 0 saturated carbocycles. The molecule has 0 aliphatic carbocycles. The van der Waals surface area contributed by atoms with Gasteiger partial charge < -0.3 is 4.90 Å². The quantitative estimate of drug-likeness (QED) is 0.853. The summed E-state index contributed by atoms with van der Waals surface area (Å²) < 4.78 is 0. The number of carbonyl (C=O) groups excluding carboxylic acids is 1.